The summed E-state index contributed by atoms with van der Waals surface area (Å²) in [5.74, 6) is 0.0870. The van der Waals surface area contributed by atoms with Crippen molar-refractivity contribution in [2.45, 2.75) is 50.3 Å². The van der Waals surface area contributed by atoms with Gasteiger partial charge in [0.15, 0.2) is 0 Å². The molecule has 2 atom stereocenters. The van der Waals surface area contributed by atoms with Crippen molar-refractivity contribution in [3.05, 3.63) is 30.1 Å². The highest BCUT2D eigenvalue weighted by molar-refractivity contribution is 5.77. The second-order valence-corrected chi connectivity index (χ2v) is 8.12. The highest BCUT2D eigenvalue weighted by Gasteiger charge is 2.45. The van der Waals surface area contributed by atoms with Crippen LogP contribution in [0.3, 0.4) is 0 Å². The van der Waals surface area contributed by atoms with Gasteiger partial charge in [-0.3, -0.25) is 9.78 Å². The van der Waals surface area contributed by atoms with E-state index in [-0.39, 0.29) is 23.6 Å². The standard InChI is InChI=1S/C21H30N4O4/c26-19(6-9-24-10-12-28-20(24)27)25-11-13-29-21(16-25)7-2-1-5-18(21)23-15-17-4-3-8-22-14-17/h3-4,8,14,18,23H,1-2,5-7,9-13,15-16H2/t18-,21-/m1/s1. The summed E-state index contributed by atoms with van der Waals surface area (Å²) in [7, 11) is 0. The third-order valence-electron chi connectivity index (χ3n) is 6.26. The lowest BCUT2D eigenvalue weighted by Gasteiger charge is -2.50. The molecule has 0 aromatic carbocycles. The van der Waals surface area contributed by atoms with E-state index in [4.69, 9.17) is 9.47 Å². The Hall–Kier alpha value is -2.19. The van der Waals surface area contributed by atoms with Gasteiger partial charge in [0.2, 0.25) is 5.91 Å². The molecule has 3 aliphatic rings. The smallest absolute Gasteiger partial charge is 0.409 e. The van der Waals surface area contributed by atoms with Gasteiger partial charge in [0.05, 0.1) is 19.7 Å². The zero-order valence-electron chi connectivity index (χ0n) is 16.8. The number of carbonyl (C=O) groups excluding carboxylic acids is 2. The maximum absolute atomic E-state index is 12.8. The van der Waals surface area contributed by atoms with Gasteiger partial charge in [-0.05, 0) is 24.5 Å². The molecule has 0 bridgehead atoms. The summed E-state index contributed by atoms with van der Waals surface area (Å²) in [5, 5.41) is 3.67. The summed E-state index contributed by atoms with van der Waals surface area (Å²) in [5.41, 5.74) is 0.815. The predicted octanol–water partition coefficient (Wildman–Crippen LogP) is 1.55. The number of carbonyl (C=O) groups is 2. The molecule has 3 heterocycles. The molecule has 2 aliphatic heterocycles. The summed E-state index contributed by atoms with van der Waals surface area (Å²) >= 11 is 0. The second kappa shape index (κ2) is 9.09. The molecular formula is C21H30N4O4. The van der Waals surface area contributed by atoms with Crippen LogP contribution in [0.1, 0.15) is 37.7 Å². The molecule has 2 amide bonds. The van der Waals surface area contributed by atoms with Crippen molar-refractivity contribution in [3.8, 4) is 0 Å². The van der Waals surface area contributed by atoms with Crippen molar-refractivity contribution >= 4 is 12.0 Å². The molecule has 8 nitrogen and oxygen atoms in total. The Morgan fingerprint density at radius 1 is 1.31 bits per heavy atom. The molecule has 1 spiro atoms. The van der Waals surface area contributed by atoms with Crippen LogP contribution in [0.15, 0.2) is 24.5 Å². The number of cyclic esters (lactones) is 1. The summed E-state index contributed by atoms with van der Waals surface area (Å²) in [6, 6.07) is 4.22. The van der Waals surface area contributed by atoms with E-state index < -0.39 is 0 Å². The second-order valence-electron chi connectivity index (χ2n) is 8.12. The van der Waals surface area contributed by atoms with E-state index in [1.807, 2.05) is 17.2 Å². The minimum absolute atomic E-state index is 0.0870. The van der Waals surface area contributed by atoms with Crippen molar-refractivity contribution in [2.24, 2.45) is 0 Å². The Bertz CT molecular complexity index is 712. The first kappa shape index (κ1) is 20.1. The Balaban J connectivity index is 1.36. The minimum atomic E-state index is -0.332. The lowest BCUT2D eigenvalue weighted by molar-refractivity contribution is -0.163. The maximum Gasteiger partial charge on any atom is 0.409 e. The Kier molecular flexibility index (Phi) is 6.30. The first-order valence-electron chi connectivity index (χ1n) is 10.6. The van der Waals surface area contributed by atoms with Crippen LogP contribution in [-0.4, -0.2) is 77.8 Å². The van der Waals surface area contributed by atoms with Crippen LogP contribution in [0, 0.1) is 0 Å². The molecule has 2 saturated heterocycles. The summed E-state index contributed by atoms with van der Waals surface area (Å²) in [4.78, 5) is 32.1. The molecule has 1 aromatic heterocycles. The first-order chi connectivity index (χ1) is 14.2. The van der Waals surface area contributed by atoms with Gasteiger partial charge in [-0.1, -0.05) is 18.9 Å². The molecule has 1 aliphatic carbocycles. The van der Waals surface area contributed by atoms with Crippen molar-refractivity contribution in [1.82, 2.24) is 20.1 Å². The number of rotatable bonds is 6. The predicted molar refractivity (Wildman–Crippen MR) is 106 cm³/mol. The van der Waals surface area contributed by atoms with Gasteiger partial charge < -0.3 is 24.6 Å². The van der Waals surface area contributed by atoms with Crippen LogP contribution in [0.2, 0.25) is 0 Å². The molecule has 8 heteroatoms. The molecule has 0 radical (unpaired) electrons. The highest BCUT2D eigenvalue weighted by Crippen LogP contribution is 2.35. The Morgan fingerprint density at radius 3 is 3.03 bits per heavy atom. The topological polar surface area (TPSA) is 84.0 Å². The van der Waals surface area contributed by atoms with Crippen molar-refractivity contribution in [3.63, 3.8) is 0 Å². The average Bonchev–Trinajstić information content (AvgIpc) is 3.17. The fourth-order valence-corrected chi connectivity index (χ4v) is 4.64. The number of pyridine rings is 1. The Labute approximate surface area is 171 Å². The van der Waals surface area contributed by atoms with Gasteiger partial charge in [-0.25, -0.2) is 4.79 Å². The fourth-order valence-electron chi connectivity index (χ4n) is 4.64. The molecule has 158 valence electrons. The quantitative estimate of drug-likeness (QED) is 0.777. The van der Waals surface area contributed by atoms with E-state index in [1.54, 1.807) is 11.1 Å². The number of hydrogen-bond acceptors (Lipinski definition) is 6. The number of nitrogens with one attached hydrogen (secondary N) is 1. The van der Waals surface area contributed by atoms with Gasteiger partial charge in [0, 0.05) is 44.5 Å². The Morgan fingerprint density at radius 2 is 2.24 bits per heavy atom. The number of aromatic nitrogens is 1. The third kappa shape index (κ3) is 4.70. The molecule has 3 fully saturated rings. The fraction of sp³-hybridized carbons (Fsp3) is 0.667. The lowest BCUT2D eigenvalue weighted by Crippen LogP contribution is -2.64. The molecular weight excluding hydrogens is 372 g/mol. The van der Waals surface area contributed by atoms with Gasteiger partial charge in [0.25, 0.3) is 0 Å². The van der Waals surface area contributed by atoms with Crippen LogP contribution < -0.4 is 5.32 Å². The van der Waals surface area contributed by atoms with Gasteiger partial charge in [-0.2, -0.15) is 0 Å². The number of nitrogens with zero attached hydrogens (tertiary/aromatic N) is 3. The molecule has 0 unspecified atom stereocenters. The van der Waals surface area contributed by atoms with Crippen LogP contribution in [-0.2, 0) is 20.8 Å². The summed E-state index contributed by atoms with van der Waals surface area (Å²) in [6.07, 6.45) is 7.96. The van der Waals surface area contributed by atoms with Crippen LogP contribution in [0.25, 0.3) is 0 Å². The van der Waals surface area contributed by atoms with Gasteiger partial charge in [0.1, 0.15) is 12.2 Å². The van der Waals surface area contributed by atoms with E-state index in [2.05, 4.69) is 16.4 Å². The van der Waals surface area contributed by atoms with Gasteiger partial charge in [-0.15, -0.1) is 0 Å². The average molecular weight is 402 g/mol. The SMILES string of the molecule is O=C(CCN1CCOC1=O)N1CCO[C@]2(CCCC[C@H]2NCc2cccnc2)C1. The van der Waals surface area contributed by atoms with Crippen molar-refractivity contribution < 1.29 is 19.1 Å². The monoisotopic (exact) mass is 402 g/mol. The zero-order chi connectivity index (χ0) is 20.1. The molecule has 4 rings (SSSR count). The van der Waals surface area contributed by atoms with E-state index >= 15 is 0 Å². The molecule has 1 aromatic rings. The normalized spacial score (nSPS) is 27.3. The highest BCUT2D eigenvalue weighted by atomic mass is 16.6. The first-order valence-corrected chi connectivity index (χ1v) is 10.6. The minimum Gasteiger partial charge on any atom is -0.448 e. The molecule has 1 N–H and O–H groups in total. The summed E-state index contributed by atoms with van der Waals surface area (Å²) in [6.45, 7) is 3.93. The van der Waals surface area contributed by atoms with Crippen molar-refractivity contribution in [2.75, 3.05) is 39.4 Å². The van der Waals surface area contributed by atoms with Crippen LogP contribution in [0.5, 0.6) is 0 Å². The number of morpholine rings is 1. The molecule has 1 saturated carbocycles. The van der Waals surface area contributed by atoms with E-state index in [1.165, 1.54) is 6.42 Å². The lowest BCUT2D eigenvalue weighted by atomic mass is 9.78. The van der Waals surface area contributed by atoms with Gasteiger partial charge >= 0.3 is 6.09 Å². The van der Waals surface area contributed by atoms with E-state index in [0.717, 1.165) is 31.4 Å². The third-order valence-corrected chi connectivity index (χ3v) is 6.26. The maximum atomic E-state index is 12.8. The largest absolute Gasteiger partial charge is 0.448 e. The van der Waals surface area contributed by atoms with Crippen LogP contribution in [0.4, 0.5) is 4.79 Å². The van der Waals surface area contributed by atoms with Crippen molar-refractivity contribution in [1.29, 1.82) is 0 Å². The number of amides is 2. The van der Waals surface area contributed by atoms with E-state index in [0.29, 0.717) is 45.8 Å². The van der Waals surface area contributed by atoms with Crippen LogP contribution >= 0.6 is 0 Å². The van der Waals surface area contributed by atoms with E-state index in [9.17, 15) is 9.59 Å². The summed E-state index contributed by atoms with van der Waals surface area (Å²) < 4.78 is 11.3. The zero-order valence-corrected chi connectivity index (χ0v) is 16.8. The number of ether oxygens (including phenoxy) is 2. The molecule has 29 heavy (non-hydrogen) atoms. The number of hydrogen-bond donors (Lipinski definition) is 1.